The summed E-state index contributed by atoms with van der Waals surface area (Å²) in [5.41, 5.74) is 6.88. The van der Waals surface area contributed by atoms with Crippen LogP contribution in [0.5, 0.6) is 5.75 Å². The normalized spacial score (nSPS) is 11.1. The highest BCUT2D eigenvalue weighted by Crippen LogP contribution is 2.23. The fourth-order valence-corrected chi connectivity index (χ4v) is 3.16. The lowest BCUT2D eigenvalue weighted by atomic mass is 10.1. The van der Waals surface area contributed by atoms with Crippen LogP contribution in [0, 0.1) is 11.3 Å². The van der Waals surface area contributed by atoms with Gasteiger partial charge in [-0.3, -0.25) is 9.78 Å². The first-order chi connectivity index (χ1) is 15.6. The number of pyridine rings is 1. The molecule has 1 aromatic heterocycles. The summed E-state index contributed by atoms with van der Waals surface area (Å²) < 4.78 is 5.95. The largest absolute Gasteiger partial charge is 0.487 e. The number of hydrogen-bond acceptors (Lipinski definition) is 5. The van der Waals surface area contributed by atoms with Crippen LogP contribution in [-0.2, 0) is 6.61 Å². The number of hydrogen-bond donors (Lipinski definition) is 1. The summed E-state index contributed by atoms with van der Waals surface area (Å²) in [6, 6.07) is 26.0. The van der Waals surface area contributed by atoms with E-state index in [2.05, 4.69) is 21.6 Å². The monoisotopic (exact) mass is 420 g/mol. The molecule has 1 amide bonds. The van der Waals surface area contributed by atoms with Crippen LogP contribution in [0.3, 0.4) is 0 Å². The molecular formula is C26H20N4O2. The number of amides is 1. The van der Waals surface area contributed by atoms with E-state index in [0.29, 0.717) is 23.4 Å². The van der Waals surface area contributed by atoms with Crippen molar-refractivity contribution in [3.05, 3.63) is 107 Å². The van der Waals surface area contributed by atoms with Crippen LogP contribution >= 0.6 is 0 Å². The van der Waals surface area contributed by atoms with Crippen LogP contribution in [0.4, 0.5) is 0 Å². The third kappa shape index (κ3) is 4.79. The highest BCUT2D eigenvalue weighted by molar-refractivity contribution is 6.00. The van der Waals surface area contributed by atoms with Crippen molar-refractivity contribution in [1.82, 2.24) is 10.4 Å². The summed E-state index contributed by atoms with van der Waals surface area (Å²) in [7, 11) is 0. The molecule has 0 atom stereocenters. The maximum Gasteiger partial charge on any atom is 0.271 e. The zero-order valence-corrected chi connectivity index (χ0v) is 17.4. The zero-order valence-electron chi connectivity index (χ0n) is 17.4. The zero-order chi connectivity index (χ0) is 22.3. The van der Waals surface area contributed by atoms with E-state index < -0.39 is 0 Å². The first-order valence-corrected chi connectivity index (χ1v) is 10.0. The minimum absolute atomic E-state index is 0.302. The van der Waals surface area contributed by atoms with Gasteiger partial charge in [0.05, 0.1) is 17.3 Å². The molecule has 4 rings (SSSR count). The van der Waals surface area contributed by atoms with Gasteiger partial charge in [-0.05, 0) is 54.4 Å². The number of aromatic nitrogens is 1. The molecule has 0 aliphatic heterocycles. The molecule has 0 fully saturated rings. The number of carbonyl (C=O) groups excluding carboxylic acids is 1. The van der Waals surface area contributed by atoms with Gasteiger partial charge in [-0.2, -0.15) is 10.4 Å². The summed E-state index contributed by atoms with van der Waals surface area (Å²) in [6.07, 6.45) is 1.74. The Labute approximate surface area is 185 Å². The Morgan fingerprint density at radius 2 is 1.72 bits per heavy atom. The molecule has 0 aliphatic carbocycles. The van der Waals surface area contributed by atoms with Crippen LogP contribution in [0.25, 0.3) is 10.9 Å². The molecule has 0 spiro atoms. The molecule has 0 saturated carbocycles. The fourth-order valence-electron chi connectivity index (χ4n) is 3.16. The number of benzene rings is 3. The van der Waals surface area contributed by atoms with Crippen molar-refractivity contribution in [2.75, 3.05) is 0 Å². The van der Waals surface area contributed by atoms with Crippen LogP contribution < -0.4 is 10.2 Å². The molecule has 156 valence electrons. The minimum Gasteiger partial charge on any atom is -0.487 e. The highest BCUT2D eigenvalue weighted by atomic mass is 16.5. The van der Waals surface area contributed by atoms with Gasteiger partial charge in [-0.15, -0.1) is 0 Å². The molecular weight excluding hydrogens is 400 g/mol. The summed E-state index contributed by atoms with van der Waals surface area (Å²) in [5.74, 6) is 0.418. The Hall–Kier alpha value is -4.50. The summed E-state index contributed by atoms with van der Waals surface area (Å²) in [5, 5.41) is 14.1. The van der Waals surface area contributed by atoms with Crippen LogP contribution in [0.2, 0.25) is 0 Å². The maximum atomic E-state index is 12.4. The average molecular weight is 420 g/mol. The standard InChI is InChI=1S/C26H20N4O2/c1-18(21-11-7-19(16-27)8-12-21)29-30-26(31)23-13-9-20(10-14-23)17-32-24-6-2-4-22-5-3-15-28-25(22)24/h2-15H,17H2,1H3,(H,30,31)/b29-18+. The number of nitriles is 1. The number of para-hydroxylation sites is 1. The molecule has 0 saturated heterocycles. The SMILES string of the molecule is C/C(=N\NC(=O)c1ccc(COc2cccc3cccnc23)cc1)c1ccc(C#N)cc1. The van der Waals surface area contributed by atoms with Crippen molar-refractivity contribution in [2.24, 2.45) is 5.10 Å². The Kier molecular flexibility index (Phi) is 6.19. The van der Waals surface area contributed by atoms with Crippen LogP contribution in [0.1, 0.15) is 34.0 Å². The van der Waals surface area contributed by atoms with E-state index in [1.807, 2.05) is 42.5 Å². The number of hydrazone groups is 1. The van der Waals surface area contributed by atoms with Crippen molar-refractivity contribution in [3.8, 4) is 11.8 Å². The first kappa shape index (κ1) is 20.8. The summed E-state index contributed by atoms with van der Waals surface area (Å²) in [4.78, 5) is 16.8. The van der Waals surface area contributed by atoms with Crippen LogP contribution in [0.15, 0.2) is 90.2 Å². The quantitative estimate of drug-likeness (QED) is 0.357. The lowest BCUT2D eigenvalue weighted by molar-refractivity contribution is 0.0955. The molecule has 6 nitrogen and oxygen atoms in total. The van der Waals surface area contributed by atoms with E-state index >= 15 is 0 Å². The average Bonchev–Trinajstić information content (AvgIpc) is 2.86. The topological polar surface area (TPSA) is 87.4 Å². The molecule has 3 aromatic carbocycles. The number of nitrogens with zero attached hydrogens (tertiary/aromatic N) is 3. The van der Waals surface area contributed by atoms with Crippen molar-refractivity contribution < 1.29 is 9.53 Å². The predicted molar refractivity (Wildman–Crippen MR) is 123 cm³/mol. The van der Waals surface area contributed by atoms with Gasteiger partial charge in [-0.25, -0.2) is 5.43 Å². The van der Waals surface area contributed by atoms with E-state index in [1.165, 1.54) is 0 Å². The van der Waals surface area contributed by atoms with Gasteiger partial charge in [0.25, 0.3) is 5.91 Å². The predicted octanol–water partition coefficient (Wildman–Crippen LogP) is 4.84. The van der Waals surface area contributed by atoms with Gasteiger partial charge >= 0.3 is 0 Å². The molecule has 6 heteroatoms. The molecule has 0 radical (unpaired) electrons. The third-order valence-electron chi connectivity index (χ3n) is 4.96. The smallest absolute Gasteiger partial charge is 0.271 e. The van der Waals surface area contributed by atoms with E-state index in [4.69, 9.17) is 10.00 Å². The number of nitrogens with one attached hydrogen (secondary N) is 1. The molecule has 1 heterocycles. The van der Waals surface area contributed by atoms with Crippen molar-refractivity contribution in [2.45, 2.75) is 13.5 Å². The van der Waals surface area contributed by atoms with Crippen molar-refractivity contribution in [1.29, 1.82) is 5.26 Å². The Morgan fingerprint density at radius 3 is 2.47 bits per heavy atom. The number of ether oxygens (including phenoxy) is 1. The Bertz CT molecular complexity index is 1320. The van der Waals surface area contributed by atoms with Gasteiger partial charge in [0.1, 0.15) is 17.9 Å². The summed E-state index contributed by atoms with van der Waals surface area (Å²) in [6.45, 7) is 2.16. The van der Waals surface area contributed by atoms with Gasteiger partial charge in [0.2, 0.25) is 0 Å². The first-order valence-electron chi connectivity index (χ1n) is 10.0. The molecule has 1 N–H and O–H groups in total. The van der Waals surface area contributed by atoms with E-state index in [0.717, 1.165) is 27.8 Å². The Balaban J connectivity index is 1.37. The third-order valence-corrected chi connectivity index (χ3v) is 4.96. The molecule has 0 unspecified atom stereocenters. The molecule has 0 bridgehead atoms. The minimum atomic E-state index is -0.302. The second-order valence-corrected chi connectivity index (χ2v) is 7.14. The maximum absolute atomic E-state index is 12.4. The Morgan fingerprint density at radius 1 is 1.00 bits per heavy atom. The fraction of sp³-hybridized carbons (Fsp3) is 0.0769. The highest BCUT2D eigenvalue weighted by Gasteiger charge is 2.07. The molecule has 32 heavy (non-hydrogen) atoms. The van der Waals surface area contributed by atoms with Gasteiger partial charge in [0.15, 0.2) is 0 Å². The van der Waals surface area contributed by atoms with Crippen LogP contribution in [-0.4, -0.2) is 16.6 Å². The van der Waals surface area contributed by atoms with Crippen molar-refractivity contribution in [3.63, 3.8) is 0 Å². The van der Waals surface area contributed by atoms with E-state index in [1.54, 1.807) is 49.5 Å². The second-order valence-electron chi connectivity index (χ2n) is 7.14. The molecule has 0 aliphatic rings. The number of fused-ring (bicyclic) bond motifs is 1. The lowest BCUT2D eigenvalue weighted by Gasteiger charge is -2.09. The second kappa shape index (κ2) is 9.54. The van der Waals surface area contributed by atoms with E-state index in [9.17, 15) is 4.79 Å². The van der Waals surface area contributed by atoms with E-state index in [-0.39, 0.29) is 5.91 Å². The van der Waals surface area contributed by atoms with Gasteiger partial charge < -0.3 is 4.74 Å². The van der Waals surface area contributed by atoms with Gasteiger partial charge in [0, 0.05) is 17.1 Å². The van der Waals surface area contributed by atoms with Crippen molar-refractivity contribution >= 4 is 22.5 Å². The van der Waals surface area contributed by atoms with Gasteiger partial charge in [-0.1, -0.05) is 42.5 Å². The number of carbonyl (C=O) groups is 1. The molecule has 4 aromatic rings. The number of rotatable bonds is 6. The lowest BCUT2D eigenvalue weighted by Crippen LogP contribution is -2.19. The summed E-state index contributed by atoms with van der Waals surface area (Å²) >= 11 is 0.